The SMILES string of the molecule is O=C(O)c1cc(Cl)ccc1-n1ncnn1. The van der Waals surface area contributed by atoms with Gasteiger partial charge in [0.15, 0.2) is 6.33 Å². The minimum absolute atomic E-state index is 0.0282. The summed E-state index contributed by atoms with van der Waals surface area (Å²) in [6, 6.07) is 4.42. The van der Waals surface area contributed by atoms with Gasteiger partial charge in [-0.15, -0.1) is 15.0 Å². The van der Waals surface area contributed by atoms with E-state index in [0.29, 0.717) is 10.7 Å². The molecule has 0 fully saturated rings. The predicted octanol–water partition coefficient (Wildman–Crippen LogP) is 1.01. The number of hydrogen-bond donors (Lipinski definition) is 1. The lowest BCUT2D eigenvalue weighted by atomic mass is 10.2. The number of hydrogen-bond acceptors (Lipinski definition) is 4. The van der Waals surface area contributed by atoms with Crippen LogP contribution >= 0.6 is 11.6 Å². The van der Waals surface area contributed by atoms with Crippen molar-refractivity contribution in [2.45, 2.75) is 0 Å². The van der Waals surface area contributed by atoms with Crippen LogP contribution in [0.2, 0.25) is 5.02 Å². The monoisotopic (exact) mass is 224 g/mol. The van der Waals surface area contributed by atoms with Crippen molar-refractivity contribution in [2.24, 2.45) is 0 Å². The first-order valence-electron chi connectivity index (χ1n) is 3.94. The van der Waals surface area contributed by atoms with Gasteiger partial charge in [-0.1, -0.05) is 11.6 Å². The number of aromatic carboxylic acids is 1. The highest BCUT2D eigenvalue weighted by molar-refractivity contribution is 6.31. The minimum Gasteiger partial charge on any atom is -0.478 e. The second-order valence-corrected chi connectivity index (χ2v) is 3.13. The molecule has 15 heavy (non-hydrogen) atoms. The summed E-state index contributed by atoms with van der Waals surface area (Å²) in [6.07, 6.45) is 1.22. The van der Waals surface area contributed by atoms with Gasteiger partial charge < -0.3 is 5.11 Å². The van der Waals surface area contributed by atoms with Crippen LogP contribution in [0.5, 0.6) is 0 Å². The highest BCUT2D eigenvalue weighted by Gasteiger charge is 2.13. The molecular weight excluding hydrogens is 220 g/mol. The van der Waals surface area contributed by atoms with Crippen LogP contribution in [0, 0.1) is 0 Å². The quantitative estimate of drug-likeness (QED) is 0.824. The highest BCUT2D eigenvalue weighted by Crippen LogP contribution is 2.18. The summed E-state index contributed by atoms with van der Waals surface area (Å²) in [5.41, 5.74) is 0.352. The van der Waals surface area contributed by atoms with Crippen LogP contribution in [0.1, 0.15) is 10.4 Å². The van der Waals surface area contributed by atoms with Gasteiger partial charge in [0.1, 0.15) is 5.69 Å². The van der Waals surface area contributed by atoms with Crippen molar-refractivity contribution in [1.29, 1.82) is 0 Å². The Bertz CT molecular complexity index is 497. The fourth-order valence-corrected chi connectivity index (χ4v) is 1.30. The summed E-state index contributed by atoms with van der Waals surface area (Å²) < 4.78 is 0. The first kappa shape index (κ1) is 9.60. The molecule has 0 spiro atoms. The normalized spacial score (nSPS) is 10.2. The van der Waals surface area contributed by atoms with Crippen molar-refractivity contribution in [1.82, 2.24) is 20.2 Å². The van der Waals surface area contributed by atoms with Gasteiger partial charge in [0.2, 0.25) is 0 Å². The summed E-state index contributed by atoms with van der Waals surface area (Å²) in [5, 5.41) is 20.1. The number of carboxylic acid groups (broad SMARTS) is 1. The number of halogens is 1. The van der Waals surface area contributed by atoms with E-state index in [1.54, 1.807) is 6.07 Å². The number of rotatable bonds is 2. The Morgan fingerprint density at radius 3 is 2.87 bits per heavy atom. The number of nitrogens with zero attached hydrogens (tertiary/aromatic N) is 4. The van der Waals surface area contributed by atoms with Crippen molar-refractivity contribution < 1.29 is 9.90 Å². The largest absolute Gasteiger partial charge is 0.478 e. The lowest BCUT2D eigenvalue weighted by molar-refractivity contribution is 0.0696. The molecule has 2 aromatic rings. The van der Waals surface area contributed by atoms with Gasteiger partial charge in [-0.25, -0.2) is 4.79 Å². The van der Waals surface area contributed by atoms with E-state index in [0.717, 1.165) is 4.80 Å². The minimum atomic E-state index is -1.09. The van der Waals surface area contributed by atoms with Gasteiger partial charge in [-0.05, 0) is 23.4 Å². The van der Waals surface area contributed by atoms with Crippen LogP contribution in [0.15, 0.2) is 24.5 Å². The fraction of sp³-hybridized carbons (Fsp3) is 0. The molecule has 7 heteroatoms. The summed E-state index contributed by atoms with van der Waals surface area (Å²) in [7, 11) is 0. The van der Waals surface area contributed by atoms with Crippen molar-refractivity contribution >= 4 is 17.6 Å². The molecule has 1 heterocycles. The zero-order chi connectivity index (χ0) is 10.8. The third-order valence-corrected chi connectivity index (χ3v) is 1.99. The van der Waals surface area contributed by atoms with Crippen LogP contribution in [0.25, 0.3) is 5.69 Å². The van der Waals surface area contributed by atoms with Gasteiger partial charge >= 0.3 is 5.97 Å². The van der Waals surface area contributed by atoms with Crippen molar-refractivity contribution in [2.75, 3.05) is 0 Å². The maximum atomic E-state index is 10.9. The maximum absolute atomic E-state index is 10.9. The molecule has 1 N–H and O–H groups in total. The third kappa shape index (κ3) is 1.79. The predicted molar refractivity (Wildman–Crippen MR) is 51.1 cm³/mol. The Kier molecular flexibility index (Phi) is 2.34. The molecule has 2 rings (SSSR count). The molecule has 0 unspecified atom stereocenters. The molecule has 0 atom stereocenters. The molecule has 0 aliphatic carbocycles. The number of benzene rings is 1. The smallest absolute Gasteiger partial charge is 0.338 e. The molecule has 1 aromatic carbocycles. The van der Waals surface area contributed by atoms with Gasteiger partial charge in [0, 0.05) is 5.02 Å². The molecule has 0 aliphatic heterocycles. The highest BCUT2D eigenvalue weighted by atomic mass is 35.5. The molecule has 0 bridgehead atoms. The molecule has 0 saturated carbocycles. The Balaban J connectivity index is 2.61. The molecule has 0 amide bonds. The molecule has 6 nitrogen and oxygen atoms in total. The van der Waals surface area contributed by atoms with Gasteiger partial charge in [-0.2, -0.15) is 0 Å². The van der Waals surface area contributed by atoms with E-state index in [9.17, 15) is 4.79 Å². The summed E-state index contributed by atoms with van der Waals surface area (Å²) in [5.74, 6) is -1.09. The van der Waals surface area contributed by atoms with Crippen LogP contribution in [0.3, 0.4) is 0 Å². The van der Waals surface area contributed by atoms with Crippen LogP contribution < -0.4 is 0 Å². The average molecular weight is 225 g/mol. The van der Waals surface area contributed by atoms with E-state index in [2.05, 4.69) is 15.4 Å². The number of carbonyl (C=O) groups is 1. The first-order valence-corrected chi connectivity index (χ1v) is 4.32. The Morgan fingerprint density at radius 2 is 2.27 bits per heavy atom. The van der Waals surface area contributed by atoms with Crippen molar-refractivity contribution in [3.63, 3.8) is 0 Å². The van der Waals surface area contributed by atoms with Gasteiger partial charge in [-0.3, -0.25) is 0 Å². The van der Waals surface area contributed by atoms with E-state index in [-0.39, 0.29) is 5.56 Å². The van der Waals surface area contributed by atoms with E-state index >= 15 is 0 Å². The fourth-order valence-electron chi connectivity index (χ4n) is 1.13. The third-order valence-electron chi connectivity index (χ3n) is 1.75. The van der Waals surface area contributed by atoms with Crippen LogP contribution in [-0.4, -0.2) is 31.3 Å². The maximum Gasteiger partial charge on any atom is 0.338 e. The summed E-state index contributed by atoms with van der Waals surface area (Å²) >= 11 is 5.69. The van der Waals surface area contributed by atoms with Crippen molar-refractivity contribution in [3.05, 3.63) is 35.1 Å². The second-order valence-electron chi connectivity index (χ2n) is 2.69. The average Bonchev–Trinajstić information content (AvgIpc) is 2.70. The van der Waals surface area contributed by atoms with Crippen LogP contribution in [-0.2, 0) is 0 Å². The van der Waals surface area contributed by atoms with Crippen molar-refractivity contribution in [3.8, 4) is 5.69 Å². The lowest BCUT2D eigenvalue weighted by Crippen LogP contribution is -2.07. The number of carboxylic acids is 1. The lowest BCUT2D eigenvalue weighted by Gasteiger charge is -2.03. The Hall–Kier alpha value is -1.95. The van der Waals surface area contributed by atoms with E-state index < -0.39 is 5.97 Å². The van der Waals surface area contributed by atoms with Gasteiger partial charge in [0.25, 0.3) is 0 Å². The number of tetrazole rings is 1. The molecule has 1 aromatic heterocycles. The molecule has 0 aliphatic rings. The van der Waals surface area contributed by atoms with Gasteiger partial charge in [0.05, 0.1) is 5.56 Å². The Morgan fingerprint density at radius 1 is 1.47 bits per heavy atom. The van der Waals surface area contributed by atoms with E-state index in [1.807, 2.05) is 0 Å². The zero-order valence-electron chi connectivity index (χ0n) is 7.33. The topological polar surface area (TPSA) is 80.9 Å². The number of aromatic nitrogens is 4. The molecular formula is C8H5ClN4O2. The second kappa shape index (κ2) is 3.66. The summed E-state index contributed by atoms with van der Waals surface area (Å²) in [4.78, 5) is 12.0. The summed E-state index contributed by atoms with van der Waals surface area (Å²) in [6.45, 7) is 0. The zero-order valence-corrected chi connectivity index (χ0v) is 8.09. The molecule has 76 valence electrons. The van der Waals surface area contributed by atoms with Crippen LogP contribution in [0.4, 0.5) is 0 Å². The molecule has 0 saturated heterocycles. The first-order chi connectivity index (χ1) is 7.18. The van der Waals surface area contributed by atoms with E-state index in [1.165, 1.54) is 18.5 Å². The Labute approximate surface area is 89.1 Å². The standard InChI is InChI=1S/C8H5ClN4O2/c9-5-1-2-7(6(3-5)8(14)15)13-11-4-10-12-13/h1-4H,(H,14,15). The van der Waals surface area contributed by atoms with E-state index in [4.69, 9.17) is 16.7 Å². The molecule has 0 radical (unpaired) electrons.